The van der Waals surface area contributed by atoms with Crippen molar-refractivity contribution in [3.8, 4) is 0 Å². The smallest absolute Gasteiger partial charge is 0.408 e. The van der Waals surface area contributed by atoms with Gasteiger partial charge in [0.15, 0.2) is 5.58 Å². The van der Waals surface area contributed by atoms with Gasteiger partial charge >= 0.3 is 5.76 Å². The van der Waals surface area contributed by atoms with Crippen LogP contribution in [0.25, 0.3) is 11.1 Å². The number of oxazole rings is 1. The fourth-order valence-corrected chi connectivity index (χ4v) is 3.46. The van der Waals surface area contributed by atoms with Crippen molar-refractivity contribution in [1.29, 1.82) is 0 Å². The Labute approximate surface area is 131 Å². The van der Waals surface area contributed by atoms with Crippen LogP contribution in [0.15, 0.2) is 56.6 Å². The molecule has 0 aliphatic carbocycles. The zero-order valence-corrected chi connectivity index (χ0v) is 12.9. The van der Waals surface area contributed by atoms with Gasteiger partial charge in [0.1, 0.15) is 5.82 Å². The van der Waals surface area contributed by atoms with Gasteiger partial charge < -0.3 is 4.42 Å². The molecule has 3 aromatic rings. The molecule has 2 aromatic carbocycles. The lowest BCUT2D eigenvalue weighted by Gasteiger charge is -2.14. The number of sulfonamides is 1. The number of H-pyrrole nitrogens is 1. The Hall–Kier alpha value is -2.45. The van der Waals surface area contributed by atoms with Crippen LogP contribution in [0, 0.1) is 5.82 Å². The molecule has 23 heavy (non-hydrogen) atoms. The summed E-state index contributed by atoms with van der Waals surface area (Å²) in [5, 5.41) is 0. The van der Waals surface area contributed by atoms with E-state index in [1.165, 1.54) is 42.5 Å². The third-order valence-corrected chi connectivity index (χ3v) is 4.94. The topological polar surface area (TPSA) is 92.2 Å². The average molecular weight is 336 g/mol. The van der Waals surface area contributed by atoms with Crippen molar-refractivity contribution in [2.75, 3.05) is 0 Å². The van der Waals surface area contributed by atoms with E-state index in [9.17, 15) is 17.6 Å². The van der Waals surface area contributed by atoms with Crippen LogP contribution in [0.1, 0.15) is 18.5 Å². The predicted octanol–water partition coefficient (Wildman–Crippen LogP) is 2.30. The zero-order chi connectivity index (χ0) is 16.6. The molecule has 120 valence electrons. The second-order valence-corrected chi connectivity index (χ2v) is 6.78. The summed E-state index contributed by atoms with van der Waals surface area (Å²) in [6, 6.07) is 9.10. The maximum Gasteiger partial charge on any atom is 0.417 e. The highest BCUT2D eigenvalue weighted by Gasteiger charge is 2.19. The van der Waals surface area contributed by atoms with E-state index in [0.717, 1.165) is 0 Å². The third-order valence-electron chi connectivity index (χ3n) is 3.40. The number of aromatic nitrogens is 1. The van der Waals surface area contributed by atoms with Crippen molar-refractivity contribution in [2.24, 2.45) is 0 Å². The Kier molecular flexibility index (Phi) is 3.78. The van der Waals surface area contributed by atoms with Gasteiger partial charge in [0.2, 0.25) is 10.0 Å². The Balaban J connectivity index is 1.90. The highest BCUT2D eigenvalue weighted by Crippen LogP contribution is 2.20. The Morgan fingerprint density at radius 2 is 1.87 bits per heavy atom. The molecule has 0 saturated heterocycles. The van der Waals surface area contributed by atoms with Crippen LogP contribution in [-0.2, 0) is 10.0 Å². The summed E-state index contributed by atoms with van der Waals surface area (Å²) in [6.45, 7) is 1.65. The van der Waals surface area contributed by atoms with E-state index < -0.39 is 27.6 Å². The molecule has 0 bridgehead atoms. The number of hydrogen-bond acceptors (Lipinski definition) is 4. The number of benzene rings is 2. The summed E-state index contributed by atoms with van der Waals surface area (Å²) >= 11 is 0. The van der Waals surface area contributed by atoms with E-state index in [4.69, 9.17) is 4.42 Å². The number of halogens is 1. The van der Waals surface area contributed by atoms with Crippen LogP contribution >= 0.6 is 0 Å². The molecule has 2 N–H and O–H groups in total. The first-order valence-electron chi connectivity index (χ1n) is 6.76. The lowest BCUT2D eigenvalue weighted by molar-refractivity contribution is 0.552. The van der Waals surface area contributed by atoms with Gasteiger partial charge in [-0.15, -0.1) is 0 Å². The van der Waals surface area contributed by atoms with Crippen molar-refractivity contribution in [1.82, 2.24) is 9.71 Å². The van der Waals surface area contributed by atoms with Crippen LogP contribution < -0.4 is 10.5 Å². The first-order valence-corrected chi connectivity index (χ1v) is 8.24. The van der Waals surface area contributed by atoms with Crippen LogP contribution in [-0.4, -0.2) is 13.4 Å². The van der Waals surface area contributed by atoms with E-state index in [0.29, 0.717) is 11.1 Å². The summed E-state index contributed by atoms with van der Waals surface area (Å²) in [5.41, 5.74) is 1.21. The van der Waals surface area contributed by atoms with Gasteiger partial charge in [0.25, 0.3) is 0 Å². The minimum atomic E-state index is -3.82. The highest BCUT2D eigenvalue weighted by molar-refractivity contribution is 7.89. The van der Waals surface area contributed by atoms with E-state index in [1.54, 1.807) is 6.92 Å². The van der Waals surface area contributed by atoms with Crippen molar-refractivity contribution < 1.29 is 17.2 Å². The second kappa shape index (κ2) is 5.64. The molecule has 0 aliphatic rings. The van der Waals surface area contributed by atoms with Gasteiger partial charge in [0.05, 0.1) is 10.4 Å². The van der Waals surface area contributed by atoms with Crippen LogP contribution in [0.2, 0.25) is 0 Å². The summed E-state index contributed by atoms with van der Waals surface area (Å²) < 4.78 is 45.1. The molecule has 1 aromatic heterocycles. The van der Waals surface area contributed by atoms with Crippen LogP contribution in [0.4, 0.5) is 4.39 Å². The van der Waals surface area contributed by atoms with Crippen molar-refractivity contribution in [2.45, 2.75) is 17.9 Å². The molecule has 6 nitrogen and oxygen atoms in total. The van der Waals surface area contributed by atoms with E-state index in [1.807, 2.05) is 0 Å². The van der Waals surface area contributed by atoms with Gasteiger partial charge in [-0.25, -0.2) is 22.3 Å². The fraction of sp³-hybridized carbons (Fsp3) is 0.133. The van der Waals surface area contributed by atoms with Gasteiger partial charge in [-0.2, -0.15) is 0 Å². The summed E-state index contributed by atoms with van der Waals surface area (Å²) in [4.78, 5) is 13.5. The van der Waals surface area contributed by atoms with E-state index >= 15 is 0 Å². The van der Waals surface area contributed by atoms with Gasteiger partial charge in [0, 0.05) is 12.1 Å². The monoisotopic (exact) mass is 336 g/mol. The first kappa shape index (κ1) is 15.4. The minimum Gasteiger partial charge on any atom is -0.408 e. The predicted molar refractivity (Wildman–Crippen MR) is 82.0 cm³/mol. The van der Waals surface area contributed by atoms with E-state index in [-0.39, 0.29) is 10.5 Å². The third kappa shape index (κ3) is 3.17. The normalized spacial score (nSPS) is 13.3. The van der Waals surface area contributed by atoms with Gasteiger partial charge in [-0.3, -0.25) is 4.98 Å². The summed E-state index contributed by atoms with van der Waals surface area (Å²) in [5.74, 6) is -1.04. The minimum absolute atomic E-state index is 0.0262. The Bertz CT molecular complexity index is 1010. The standard InChI is InChI=1S/C15H13FN2O4S/c1-9(10-2-4-11(16)5-3-10)18-23(20,21)12-6-7-13-14(8-12)22-15(19)17-13/h2-9,18H,1H3,(H,17,19)/t9-/m1/s1. The highest BCUT2D eigenvalue weighted by atomic mass is 32.2. The molecule has 0 spiro atoms. The number of rotatable bonds is 4. The first-order chi connectivity index (χ1) is 10.8. The Morgan fingerprint density at radius 1 is 1.17 bits per heavy atom. The number of hydrogen-bond donors (Lipinski definition) is 2. The Morgan fingerprint density at radius 3 is 2.57 bits per heavy atom. The summed E-state index contributed by atoms with van der Waals surface area (Å²) in [6.07, 6.45) is 0. The lowest BCUT2D eigenvalue weighted by atomic mass is 10.1. The summed E-state index contributed by atoms with van der Waals surface area (Å²) in [7, 11) is -3.82. The van der Waals surface area contributed by atoms with Crippen LogP contribution in [0.5, 0.6) is 0 Å². The molecule has 8 heteroatoms. The number of fused-ring (bicyclic) bond motifs is 1. The van der Waals surface area contributed by atoms with E-state index in [2.05, 4.69) is 9.71 Å². The second-order valence-electron chi connectivity index (χ2n) is 5.07. The molecule has 0 fully saturated rings. The van der Waals surface area contributed by atoms with Crippen molar-refractivity contribution in [3.05, 3.63) is 64.4 Å². The number of aromatic amines is 1. The lowest BCUT2D eigenvalue weighted by Crippen LogP contribution is -2.26. The maximum absolute atomic E-state index is 12.9. The fourth-order valence-electron chi connectivity index (χ4n) is 2.21. The molecular weight excluding hydrogens is 323 g/mol. The number of nitrogens with one attached hydrogen (secondary N) is 2. The quantitative estimate of drug-likeness (QED) is 0.765. The van der Waals surface area contributed by atoms with Gasteiger partial charge in [-0.05, 0) is 36.8 Å². The molecule has 0 radical (unpaired) electrons. The SMILES string of the molecule is C[C@@H](NS(=O)(=O)c1ccc2[nH]c(=O)oc2c1)c1ccc(F)cc1. The zero-order valence-electron chi connectivity index (χ0n) is 12.0. The largest absolute Gasteiger partial charge is 0.417 e. The van der Waals surface area contributed by atoms with Crippen molar-refractivity contribution in [3.63, 3.8) is 0 Å². The maximum atomic E-state index is 12.9. The molecule has 3 rings (SSSR count). The average Bonchev–Trinajstić information content (AvgIpc) is 2.86. The molecule has 0 amide bonds. The molecule has 0 unspecified atom stereocenters. The molecule has 1 atom stereocenters. The van der Waals surface area contributed by atoms with Crippen LogP contribution in [0.3, 0.4) is 0 Å². The molecule has 0 saturated carbocycles. The van der Waals surface area contributed by atoms with Gasteiger partial charge in [-0.1, -0.05) is 12.1 Å². The molecule has 0 aliphatic heterocycles. The molecule has 1 heterocycles. The molecular formula is C15H13FN2O4S. The van der Waals surface area contributed by atoms with Crippen molar-refractivity contribution >= 4 is 21.1 Å².